The first-order chi connectivity index (χ1) is 14.2. The van der Waals surface area contributed by atoms with Gasteiger partial charge in [-0.25, -0.2) is 9.59 Å². The van der Waals surface area contributed by atoms with Gasteiger partial charge in [-0.1, -0.05) is 10.2 Å². The largest absolute Gasteiger partial charge is 0.476 e. The number of aliphatic hydroxyl groups is 1. The fourth-order valence-electron chi connectivity index (χ4n) is 1.39. The third-order valence-corrected chi connectivity index (χ3v) is 2.52. The zero-order valence-corrected chi connectivity index (χ0v) is 16.6. The zero-order chi connectivity index (χ0) is 24.9. The Balaban J connectivity index is 0. The molecule has 174 valence electrons. The number of carbonyl (C=O) groups is 2. The molecule has 0 saturated heterocycles. The van der Waals surface area contributed by atoms with Crippen LogP contribution in [0.4, 0.5) is 11.6 Å². The van der Waals surface area contributed by atoms with E-state index in [1.807, 2.05) is 5.10 Å². The van der Waals surface area contributed by atoms with Gasteiger partial charge in [-0.05, 0) is 16.8 Å². The van der Waals surface area contributed by atoms with Crippen LogP contribution in [0.2, 0.25) is 0 Å². The monoisotopic (exact) mass is 472 g/mol. The second-order valence-electron chi connectivity index (χ2n) is 4.44. The molecular weight excluding hydrogens is 456 g/mol. The molecule has 2 aromatic rings. The summed E-state index contributed by atoms with van der Waals surface area (Å²) in [5.41, 5.74) is -0.390. The number of esters is 1. The first-order valence-electron chi connectivity index (χ1n) is 7.04. The number of methoxy groups -OCH3 is 1. The minimum absolute atomic E-state index is 0.0347. The van der Waals surface area contributed by atoms with E-state index in [2.05, 4.69) is 20.0 Å². The smallest absolute Gasteiger partial charge is 0.394 e. The zero-order valence-electron chi connectivity index (χ0n) is 15.7. The number of carboxylic acids is 1. The summed E-state index contributed by atoms with van der Waals surface area (Å²) in [7, 11) is -2.50. The van der Waals surface area contributed by atoms with Gasteiger partial charge in [0, 0.05) is 7.11 Å². The standard InChI is InChI=1S/2C5H5N3O4.CH4O.H2O4S/c1-12-5(9)3-2-4(7-6-3)8(10)11;1-2-3(5(9)10)6-7-4(2)8(11)12;1-2;1-5(2,3)4/h2H,1H3,(H,6,7);1H3,(H,6,7)(H,9,10);2H,1H3;(H2,1,2,3,4). The summed E-state index contributed by atoms with van der Waals surface area (Å²) >= 11 is 0. The molecule has 2 aromatic heterocycles. The van der Waals surface area contributed by atoms with Crippen molar-refractivity contribution in [2.45, 2.75) is 6.92 Å². The number of nitrogens with zero attached hydrogens (tertiary/aromatic N) is 4. The van der Waals surface area contributed by atoms with Crippen molar-refractivity contribution in [3.63, 3.8) is 0 Å². The average Bonchev–Trinajstić information content (AvgIpc) is 3.29. The Labute approximate surface area is 171 Å². The van der Waals surface area contributed by atoms with E-state index >= 15 is 0 Å². The average molecular weight is 472 g/mol. The second kappa shape index (κ2) is 13.3. The first-order valence-corrected chi connectivity index (χ1v) is 8.44. The number of aromatic amines is 2. The quantitative estimate of drug-likeness (QED) is 0.140. The van der Waals surface area contributed by atoms with Gasteiger partial charge in [-0.15, -0.1) is 10.2 Å². The molecule has 0 aliphatic rings. The van der Waals surface area contributed by atoms with Crippen molar-refractivity contribution in [1.82, 2.24) is 20.4 Å². The predicted molar refractivity (Wildman–Crippen MR) is 95.8 cm³/mol. The van der Waals surface area contributed by atoms with E-state index in [1.165, 1.54) is 14.0 Å². The third-order valence-electron chi connectivity index (χ3n) is 2.52. The maximum Gasteiger partial charge on any atom is 0.394 e. The molecule has 0 fully saturated rings. The van der Waals surface area contributed by atoms with Gasteiger partial charge in [-0.3, -0.25) is 9.11 Å². The number of aromatic nitrogens is 4. The van der Waals surface area contributed by atoms with Crippen molar-refractivity contribution < 1.29 is 51.9 Å². The van der Waals surface area contributed by atoms with Gasteiger partial charge in [0.2, 0.25) is 5.69 Å². The predicted octanol–water partition coefficient (Wildman–Crippen LogP) is -0.615. The minimum atomic E-state index is -4.67. The van der Waals surface area contributed by atoms with Gasteiger partial charge in [-0.2, -0.15) is 8.42 Å². The molecule has 0 aliphatic heterocycles. The van der Waals surface area contributed by atoms with Crippen LogP contribution >= 0.6 is 0 Å². The minimum Gasteiger partial charge on any atom is -0.476 e. The van der Waals surface area contributed by atoms with Crippen LogP contribution in [-0.2, 0) is 15.1 Å². The Bertz CT molecular complexity index is 972. The first kappa shape index (κ1) is 29.2. The third kappa shape index (κ3) is 11.5. The molecule has 19 nitrogen and oxygen atoms in total. The lowest BCUT2D eigenvalue weighted by molar-refractivity contribution is -0.390. The van der Waals surface area contributed by atoms with Crippen LogP contribution in [0.25, 0.3) is 0 Å². The van der Waals surface area contributed by atoms with E-state index in [1.54, 1.807) is 0 Å². The number of carboxylic acid groups (broad SMARTS) is 1. The number of ether oxygens (including phenoxy) is 1. The number of hydrogen-bond donors (Lipinski definition) is 6. The van der Waals surface area contributed by atoms with Crippen LogP contribution in [0, 0.1) is 27.2 Å². The Morgan fingerprint density at radius 2 is 1.58 bits per heavy atom. The molecule has 0 aromatic carbocycles. The normalized spacial score (nSPS) is 9.48. The van der Waals surface area contributed by atoms with Crippen molar-refractivity contribution in [2.75, 3.05) is 14.2 Å². The molecule has 0 aliphatic carbocycles. The Hall–Kier alpha value is -4.01. The lowest BCUT2D eigenvalue weighted by Crippen LogP contribution is -2.00. The summed E-state index contributed by atoms with van der Waals surface area (Å²) in [6.07, 6.45) is 0. The summed E-state index contributed by atoms with van der Waals surface area (Å²) in [4.78, 5) is 40.0. The van der Waals surface area contributed by atoms with Gasteiger partial charge in [0.25, 0.3) is 0 Å². The highest BCUT2D eigenvalue weighted by Gasteiger charge is 2.22. The number of nitro groups is 2. The van der Waals surface area contributed by atoms with Gasteiger partial charge in [0.15, 0.2) is 5.69 Å². The Morgan fingerprint density at radius 1 is 1.10 bits per heavy atom. The molecule has 2 rings (SSSR count). The fourth-order valence-corrected chi connectivity index (χ4v) is 1.39. The molecule has 6 N–H and O–H groups in total. The maximum absolute atomic E-state index is 10.7. The molecule has 0 saturated carbocycles. The Kier molecular flexibility index (Phi) is 12.5. The van der Waals surface area contributed by atoms with E-state index in [-0.39, 0.29) is 28.6 Å². The van der Waals surface area contributed by atoms with E-state index < -0.39 is 32.2 Å². The van der Waals surface area contributed by atoms with E-state index in [0.29, 0.717) is 0 Å². The summed E-state index contributed by atoms with van der Waals surface area (Å²) < 4.78 is 35.9. The molecule has 0 radical (unpaired) electrons. The highest BCUT2D eigenvalue weighted by atomic mass is 32.3. The lowest BCUT2D eigenvalue weighted by atomic mass is 10.2. The van der Waals surface area contributed by atoms with Crippen molar-refractivity contribution in [3.05, 3.63) is 43.2 Å². The number of aromatic carboxylic acids is 1. The van der Waals surface area contributed by atoms with E-state index in [0.717, 1.165) is 13.2 Å². The van der Waals surface area contributed by atoms with Crippen molar-refractivity contribution in [2.24, 2.45) is 0 Å². The molecule has 0 unspecified atom stereocenters. The highest BCUT2D eigenvalue weighted by Crippen LogP contribution is 2.16. The summed E-state index contributed by atoms with van der Waals surface area (Å²) in [5.74, 6) is -2.71. The number of hydrogen-bond acceptors (Lipinski definition) is 12. The number of carbonyl (C=O) groups excluding carboxylic acids is 1. The SMILES string of the molecule is CO.COC(=O)c1cc([N+](=O)[O-])[nH]n1.Cc1c(C(=O)O)n[nH]c1[N+](=O)[O-].O=S(=O)(O)O. The van der Waals surface area contributed by atoms with Crippen LogP contribution in [0.5, 0.6) is 0 Å². The van der Waals surface area contributed by atoms with E-state index in [4.69, 9.17) is 27.7 Å². The maximum atomic E-state index is 10.7. The summed E-state index contributed by atoms with van der Waals surface area (Å²) in [6.45, 7) is 1.32. The number of nitrogens with one attached hydrogen (secondary N) is 2. The van der Waals surface area contributed by atoms with Crippen LogP contribution < -0.4 is 0 Å². The molecule has 20 heteroatoms. The topological polar surface area (TPSA) is 302 Å². The van der Waals surface area contributed by atoms with Crippen molar-refractivity contribution >= 4 is 34.0 Å². The lowest BCUT2D eigenvalue weighted by Gasteiger charge is -1.89. The van der Waals surface area contributed by atoms with Crippen LogP contribution in [-0.4, -0.2) is 84.1 Å². The van der Waals surface area contributed by atoms with Gasteiger partial charge in [0.1, 0.15) is 0 Å². The number of aliphatic hydroxyl groups excluding tert-OH is 1. The second-order valence-corrected chi connectivity index (χ2v) is 5.34. The van der Waals surface area contributed by atoms with Crippen LogP contribution in [0.1, 0.15) is 26.5 Å². The highest BCUT2D eigenvalue weighted by molar-refractivity contribution is 7.79. The molecule has 0 bridgehead atoms. The summed E-state index contributed by atoms with van der Waals surface area (Å²) in [5, 5.41) is 46.5. The molecule has 2 heterocycles. The van der Waals surface area contributed by atoms with E-state index in [9.17, 15) is 29.8 Å². The molecule has 0 spiro atoms. The van der Waals surface area contributed by atoms with Crippen molar-refractivity contribution in [1.29, 1.82) is 0 Å². The number of H-pyrrole nitrogens is 2. The van der Waals surface area contributed by atoms with Crippen molar-refractivity contribution in [3.8, 4) is 0 Å². The van der Waals surface area contributed by atoms with Crippen LogP contribution in [0.3, 0.4) is 0 Å². The van der Waals surface area contributed by atoms with Gasteiger partial charge < -0.3 is 35.2 Å². The molecule has 31 heavy (non-hydrogen) atoms. The Morgan fingerprint density at radius 3 is 1.84 bits per heavy atom. The van der Waals surface area contributed by atoms with Gasteiger partial charge >= 0.3 is 34.0 Å². The van der Waals surface area contributed by atoms with Gasteiger partial charge in [0.05, 0.1) is 18.7 Å². The number of rotatable bonds is 4. The van der Waals surface area contributed by atoms with Crippen LogP contribution in [0.15, 0.2) is 6.07 Å². The summed E-state index contributed by atoms with van der Waals surface area (Å²) in [6, 6.07) is 1.01. The molecule has 0 amide bonds. The molecule has 0 atom stereocenters. The molecular formula is C11H16N6O13S. The fraction of sp³-hybridized carbons (Fsp3) is 0.273.